The number of piperidine rings is 1. The van der Waals surface area contributed by atoms with Crippen molar-refractivity contribution in [3.8, 4) is 5.69 Å². The number of amides is 1. The highest BCUT2D eigenvalue weighted by atomic mass is 35.5. The van der Waals surface area contributed by atoms with Crippen LogP contribution in [0.4, 0.5) is 0 Å². The minimum absolute atomic E-state index is 0. The molecule has 0 bridgehead atoms. The van der Waals surface area contributed by atoms with Crippen LogP contribution >= 0.6 is 24.0 Å². The van der Waals surface area contributed by atoms with Crippen molar-refractivity contribution in [1.29, 1.82) is 0 Å². The predicted molar refractivity (Wildman–Crippen MR) is 108 cm³/mol. The van der Waals surface area contributed by atoms with Crippen LogP contribution in [0.3, 0.4) is 0 Å². The average molecular weight is 397 g/mol. The van der Waals surface area contributed by atoms with Crippen LogP contribution in [0.2, 0.25) is 5.02 Å². The molecule has 0 radical (unpaired) electrons. The topological polar surface area (TPSA) is 59.0 Å². The molecule has 1 atom stereocenters. The zero-order valence-electron chi connectivity index (χ0n) is 15.2. The van der Waals surface area contributed by atoms with Crippen LogP contribution in [0, 0.1) is 19.8 Å². The van der Waals surface area contributed by atoms with Gasteiger partial charge in [-0.15, -0.1) is 12.4 Å². The van der Waals surface area contributed by atoms with E-state index in [1.165, 1.54) is 12.8 Å². The van der Waals surface area contributed by atoms with Crippen LogP contribution < -0.4 is 10.6 Å². The molecule has 1 aliphatic heterocycles. The van der Waals surface area contributed by atoms with Crippen molar-refractivity contribution in [2.75, 3.05) is 19.6 Å². The maximum absolute atomic E-state index is 12.4. The number of rotatable bonds is 5. The first-order chi connectivity index (χ1) is 12.0. The Hall–Kier alpha value is -1.56. The number of nitrogens with zero attached hydrogens (tertiary/aromatic N) is 2. The zero-order valence-corrected chi connectivity index (χ0v) is 16.8. The molecular formula is C19H26Cl2N4O. The minimum Gasteiger partial charge on any atom is -0.355 e. The average Bonchev–Trinajstić information content (AvgIpc) is 2.90. The highest BCUT2D eigenvalue weighted by Gasteiger charge is 2.18. The van der Waals surface area contributed by atoms with E-state index in [-0.39, 0.29) is 18.3 Å². The Balaban J connectivity index is 0.00000243. The molecule has 3 rings (SSSR count). The van der Waals surface area contributed by atoms with Crippen molar-refractivity contribution in [1.82, 2.24) is 20.4 Å². The summed E-state index contributed by atoms with van der Waals surface area (Å²) in [6, 6.07) is 7.55. The SMILES string of the molecule is Cc1nn(-c2ccc(Cl)cc2)c(C)c1CC(=O)NCC1CCCNC1.Cl. The molecule has 0 saturated carbocycles. The van der Waals surface area contributed by atoms with E-state index >= 15 is 0 Å². The molecule has 1 saturated heterocycles. The molecule has 1 aromatic heterocycles. The monoisotopic (exact) mass is 396 g/mol. The second-order valence-corrected chi connectivity index (χ2v) is 7.17. The molecule has 0 spiro atoms. The molecule has 26 heavy (non-hydrogen) atoms. The van der Waals surface area contributed by atoms with Crippen molar-refractivity contribution < 1.29 is 4.79 Å². The van der Waals surface area contributed by atoms with E-state index in [4.69, 9.17) is 11.6 Å². The van der Waals surface area contributed by atoms with Gasteiger partial charge in [0.25, 0.3) is 0 Å². The standard InChI is InChI=1S/C19H25ClN4O.ClH/c1-13-18(10-19(25)22-12-15-4-3-9-21-11-15)14(2)24(23-13)17-7-5-16(20)6-8-17;/h5-8,15,21H,3-4,9-12H2,1-2H3,(H,22,25);1H. The maximum atomic E-state index is 12.4. The summed E-state index contributed by atoms with van der Waals surface area (Å²) in [6.07, 6.45) is 2.73. The highest BCUT2D eigenvalue weighted by molar-refractivity contribution is 6.30. The third-order valence-corrected chi connectivity index (χ3v) is 5.09. The number of benzene rings is 1. The number of carbonyl (C=O) groups is 1. The highest BCUT2D eigenvalue weighted by Crippen LogP contribution is 2.20. The third-order valence-electron chi connectivity index (χ3n) is 4.84. The van der Waals surface area contributed by atoms with E-state index < -0.39 is 0 Å². The number of hydrogen-bond acceptors (Lipinski definition) is 3. The number of hydrogen-bond donors (Lipinski definition) is 2. The van der Waals surface area contributed by atoms with Crippen molar-refractivity contribution in [2.45, 2.75) is 33.1 Å². The third kappa shape index (κ3) is 5.00. The Morgan fingerprint density at radius 2 is 2.08 bits per heavy atom. The van der Waals surface area contributed by atoms with E-state index in [1.807, 2.05) is 42.8 Å². The summed E-state index contributed by atoms with van der Waals surface area (Å²) in [5.74, 6) is 0.601. The minimum atomic E-state index is 0. The van der Waals surface area contributed by atoms with Gasteiger partial charge in [-0.2, -0.15) is 5.10 Å². The lowest BCUT2D eigenvalue weighted by molar-refractivity contribution is -0.120. The van der Waals surface area contributed by atoms with Crippen molar-refractivity contribution in [2.24, 2.45) is 5.92 Å². The van der Waals surface area contributed by atoms with Crippen LogP contribution in [0.25, 0.3) is 5.69 Å². The fourth-order valence-electron chi connectivity index (χ4n) is 3.34. The van der Waals surface area contributed by atoms with Crippen LogP contribution in [-0.2, 0) is 11.2 Å². The van der Waals surface area contributed by atoms with Gasteiger partial charge in [0, 0.05) is 22.8 Å². The Labute approximate surface area is 165 Å². The van der Waals surface area contributed by atoms with Gasteiger partial charge in [0.2, 0.25) is 5.91 Å². The second-order valence-electron chi connectivity index (χ2n) is 6.73. The van der Waals surface area contributed by atoms with Gasteiger partial charge in [0.1, 0.15) is 0 Å². The number of nitrogens with one attached hydrogen (secondary N) is 2. The maximum Gasteiger partial charge on any atom is 0.224 e. The lowest BCUT2D eigenvalue weighted by atomic mass is 9.99. The summed E-state index contributed by atoms with van der Waals surface area (Å²) in [6.45, 7) is 6.78. The van der Waals surface area contributed by atoms with Gasteiger partial charge in [-0.05, 0) is 70.0 Å². The van der Waals surface area contributed by atoms with E-state index in [0.29, 0.717) is 17.4 Å². The van der Waals surface area contributed by atoms with Crippen molar-refractivity contribution in [3.05, 3.63) is 46.2 Å². The number of aryl methyl sites for hydroxylation is 1. The molecule has 7 heteroatoms. The normalized spacial score (nSPS) is 16.8. The van der Waals surface area contributed by atoms with Gasteiger partial charge in [0.15, 0.2) is 0 Å². The Bertz CT molecular complexity index is 737. The fourth-order valence-corrected chi connectivity index (χ4v) is 3.47. The van der Waals surface area contributed by atoms with Gasteiger partial charge in [-0.3, -0.25) is 4.79 Å². The van der Waals surface area contributed by atoms with Crippen LogP contribution in [0.15, 0.2) is 24.3 Å². The van der Waals surface area contributed by atoms with Gasteiger partial charge >= 0.3 is 0 Å². The first-order valence-electron chi connectivity index (χ1n) is 8.83. The van der Waals surface area contributed by atoms with Crippen molar-refractivity contribution in [3.63, 3.8) is 0 Å². The molecule has 1 fully saturated rings. The molecule has 1 amide bonds. The quantitative estimate of drug-likeness (QED) is 0.815. The lowest BCUT2D eigenvalue weighted by Crippen LogP contribution is -2.38. The van der Waals surface area contributed by atoms with Gasteiger partial charge in [-0.1, -0.05) is 11.6 Å². The number of carbonyl (C=O) groups excluding carboxylic acids is 1. The lowest BCUT2D eigenvalue weighted by Gasteiger charge is -2.22. The van der Waals surface area contributed by atoms with E-state index in [9.17, 15) is 4.79 Å². The zero-order chi connectivity index (χ0) is 17.8. The van der Waals surface area contributed by atoms with Gasteiger partial charge in [-0.25, -0.2) is 4.68 Å². The van der Waals surface area contributed by atoms with Crippen LogP contribution in [0.1, 0.15) is 29.8 Å². The molecule has 1 aromatic carbocycles. The van der Waals surface area contributed by atoms with E-state index in [2.05, 4.69) is 15.7 Å². The fraction of sp³-hybridized carbons (Fsp3) is 0.474. The van der Waals surface area contributed by atoms with Crippen LogP contribution in [0.5, 0.6) is 0 Å². The molecule has 2 aromatic rings. The van der Waals surface area contributed by atoms with Crippen molar-refractivity contribution >= 4 is 29.9 Å². The number of halogens is 2. The van der Waals surface area contributed by atoms with Gasteiger partial charge < -0.3 is 10.6 Å². The summed E-state index contributed by atoms with van der Waals surface area (Å²) in [5.41, 5.74) is 3.83. The smallest absolute Gasteiger partial charge is 0.224 e. The molecule has 1 unspecified atom stereocenters. The summed E-state index contributed by atoms with van der Waals surface area (Å²) >= 11 is 5.96. The number of aromatic nitrogens is 2. The summed E-state index contributed by atoms with van der Waals surface area (Å²) in [7, 11) is 0. The molecule has 1 aliphatic rings. The first kappa shape index (κ1) is 20.7. The van der Waals surface area contributed by atoms with E-state index in [1.54, 1.807) is 0 Å². The van der Waals surface area contributed by atoms with Gasteiger partial charge in [0.05, 0.1) is 17.8 Å². The Kier molecular flexibility index (Phi) is 7.50. The summed E-state index contributed by atoms with van der Waals surface area (Å²) < 4.78 is 1.87. The Morgan fingerprint density at radius 1 is 1.35 bits per heavy atom. The molecular weight excluding hydrogens is 371 g/mol. The Morgan fingerprint density at radius 3 is 2.73 bits per heavy atom. The molecule has 0 aliphatic carbocycles. The second kappa shape index (κ2) is 9.40. The molecule has 142 valence electrons. The largest absolute Gasteiger partial charge is 0.355 e. The molecule has 2 N–H and O–H groups in total. The summed E-state index contributed by atoms with van der Waals surface area (Å²) in [5, 5.41) is 11.7. The predicted octanol–water partition coefficient (Wildman–Crippen LogP) is 3.22. The molecule has 2 heterocycles. The summed E-state index contributed by atoms with van der Waals surface area (Å²) in [4.78, 5) is 12.4. The van der Waals surface area contributed by atoms with E-state index in [0.717, 1.165) is 42.3 Å². The molecule has 5 nitrogen and oxygen atoms in total. The van der Waals surface area contributed by atoms with Crippen LogP contribution in [-0.4, -0.2) is 35.3 Å². The first-order valence-corrected chi connectivity index (χ1v) is 9.21.